The number of rotatable bonds is 4. The van der Waals surface area contributed by atoms with Gasteiger partial charge in [0.05, 0.1) is 28.8 Å². The zero-order valence-corrected chi connectivity index (χ0v) is 12.2. The number of nitrogens with one attached hydrogen (secondary N) is 1. The van der Waals surface area contributed by atoms with Crippen LogP contribution in [-0.2, 0) is 11.3 Å². The lowest BCUT2D eigenvalue weighted by Gasteiger charge is -2.12. The summed E-state index contributed by atoms with van der Waals surface area (Å²) in [6.07, 6.45) is 3.34. The number of hydrogen-bond donors (Lipinski definition) is 1. The minimum absolute atomic E-state index is 0.163. The fraction of sp³-hybridized carbons (Fsp3) is 0.231. The number of aromatic nitrogens is 2. The largest absolute Gasteiger partial charge is 0.323 e. The molecule has 1 aromatic heterocycles. The molecule has 0 saturated carbocycles. The van der Waals surface area contributed by atoms with Gasteiger partial charge < -0.3 is 5.32 Å². The van der Waals surface area contributed by atoms with Crippen molar-refractivity contribution in [3.63, 3.8) is 0 Å². The first-order valence-corrected chi connectivity index (χ1v) is 6.69. The summed E-state index contributed by atoms with van der Waals surface area (Å²) < 4.78 is 28.8. The standard InChI is InChI=1S/C13H12BrF2N3O/c1-8(6-19-7-9(14)5-17-19)13(20)18-12-4-10(15)2-3-11(12)16/h2-5,7-8H,6H2,1H3,(H,18,20)/t8-/m0/s1. The molecule has 0 bridgehead atoms. The second-order valence-electron chi connectivity index (χ2n) is 4.40. The lowest BCUT2D eigenvalue weighted by Crippen LogP contribution is -2.25. The van der Waals surface area contributed by atoms with Gasteiger partial charge in [0.15, 0.2) is 0 Å². The van der Waals surface area contributed by atoms with Crippen molar-refractivity contribution >= 4 is 27.5 Å². The average molecular weight is 344 g/mol. The first kappa shape index (κ1) is 14.6. The van der Waals surface area contributed by atoms with Gasteiger partial charge in [-0.2, -0.15) is 5.10 Å². The summed E-state index contributed by atoms with van der Waals surface area (Å²) >= 11 is 3.26. The third-order valence-electron chi connectivity index (χ3n) is 2.70. The molecule has 0 radical (unpaired) electrons. The molecule has 4 nitrogen and oxygen atoms in total. The molecule has 20 heavy (non-hydrogen) atoms. The highest BCUT2D eigenvalue weighted by Gasteiger charge is 2.16. The predicted molar refractivity (Wildman–Crippen MR) is 74.1 cm³/mol. The van der Waals surface area contributed by atoms with Crippen molar-refractivity contribution in [3.8, 4) is 0 Å². The van der Waals surface area contributed by atoms with Crippen molar-refractivity contribution in [2.75, 3.05) is 5.32 Å². The highest BCUT2D eigenvalue weighted by Crippen LogP contribution is 2.17. The van der Waals surface area contributed by atoms with Crippen molar-refractivity contribution in [2.24, 2.45) is 5.92 Å². The maximum absolute atomic E-state index is 13.4. The van der Waals surface area contributed by atoms with Gasteiger partial charge in [0.25, 0.3) is 0 Å². The van der Waals surface area contributed by atoms with Gasteiger partial charge in [0.1, 0.15) is 11.6 Å². The Labute approximate surface area is 122 Å². The van der Waals surface area contributed by atoms with E-state index in [4.69, 9.17) is 0 Å². The summed E-state index contributed by atoms with van der Waals surface area (Å²) in [5.41, 5.74) is -0.163. The lowest BCUT2D eigenvalue weighted by atomic mass is 10.1. The molecule has 0 saturated heterocycles. The van der Waals surface area contributed by atoms with Crippen LogP contribution < -0.4 is 5.32 Å². The van der Waals surface area contributed by atoms with Gasteiger partial charge in [-0.1, -0.05) is 6.92 Å². The van der Waals surface area contributed by atoms with Crippen LogP contribution >= 0.6 is 15.9 Å². The van der Waals surface area contributed by atoms with Gasteiger partial charge >= 0.3 is 0 Å². The van der Waals surface area contributed by atoms with Crippen LogP contribution in [0.15, 0.2) is 35.1 Å². The average Bonchev–Trinajstić information content (AvgIpc) is 2.79. The highest BCUT2D eigenvalue weighted by molar-refractivity contribution is 9.10. The predicted octanol–water partition coefficient (Wildman–Crippen LogP) is 3.20. The lowest BCUT2D eigenvalue weighted by molar-refractivity contribution is -0.119. The number of carbonyl (C=O) groups is 1. The van der Waals surface area contributed by atoms with E-state index in [-0.39, 0.29) is 5.69 Å². The van der Waals surface area contributed by atoms with Gasteiger partial charge in [-0.3, -0.25) is 9.48 Å². The number of hydrogen-bond acceptors (Lipinski definition) is 2. The molecule has 7 heteroatoms. The number of carbonyl (C=O) groups excluding carboxylic acids is 1. The summed E-state index contributed by atoms with van der Waals surface area (Å²) in [4.78, 5) is 11.9. The van der Waals surface area contributed by atoms with Crippen LogP contribution in [0.3, 0.4) is 0 Å². The Hall–Kier alpha value is -1.76. The SMILES string of the molecule is C[C@@H](Cn1cc(Br)cn1)C(=O)Nc1cc(F)ccc1F. The molecule has 1 atom stereocenters. The fourth-order valence-corrected chi connectivity index (χ4v) is 1.98. The molecule has 0 spiro atoms. The summed E-state index contributed by atoms with van der Waals surface area (Å²) in [7, 11) is 0. The Kier molecular flexibility index (Phi) is 4.49. The quantitative estimate of drug-likeness (QED) is 0.926. The van der Waals surface area contributed by atoms with Gasteiger partial charge in [-0.15, -0.1) is 0 Å². The topological polar surface area (TPSA) is 46.9 Å². The van der Waals surface area contributed by atoms with Crippen molar-refractivity contribution in [1.29, 1.82) is 0 Å². The van der Waals surface area contributed by atoms with E-state index in [1.54, 1.807) is 24.0 Å². The number of amides is 1. The molecular formula is C13H12BrF2N3O. The second-order valence-corrected chi connectivity index (χ2v) is 5.31. The Bertz CT molecular complexity index is 630. The summed E-state index contributed by atoms with van der Waals surface area (Å²) in [5.74, 6) is -2.12. The maximum atomic E-state index is 13.4. The second kappa shape index (κ2) is 6.13. The smallest absolute Gasteiger partial charge is 0.229 e. The van der Waals surface area contributed by atoms with Crippen LogP contribution in [0.5, 0.6) is 0 Å². The van der Waals surface area contributed by atoms with E-state index in [0.717, 1.165) is 22.7 Å². The van der Waals surface area contributed by atoms with Crippen molar-refractivity contribution < 1.29 is 13.6 Å². The Morgan fingerprint density at radius 2 is 2.25 bits per heavy atom. The third-order valence-corrected chi connectivity index (χ3v) is 3.11. The van der Waals surface area contributed by atoms with Gasteiger partial charge in [-0.25, -0.2) is 8.78 Å². The van der Waals surface area contributed by atoms with Crippen LogP contribution in [0.1, 0.15) is 6.92 Å². The molecule has 0 fully saturated rings. The van der Waals surface area contributed by atoms with Crippen LogP contribution in [0.2, 0.25) is 0 Å². The Balaban J connectivity index is 2.02. The number of nitrogens with zero attached hydrogens (tertiary/aromatic N) is 2. The number of anilines is 1. The summed E-state index contributed by atoms with van der Waals surface area (Å²) in [5, 5.41) is 6.40. The molecule has 1 heterocycles. The van der Waals surface area contributed by atoms with E-state index in [2.05, 4.69) is 26.3 Å². The summed E-state index contributed by atoms with van der Waals surface area (Å²) in [6.45, 7) is 2.02. The molecular weight excluding hydrogens is 332 g/mol. The molecule has 2 rings (SSSR count). The van der Waals surface area contributed by atoms with Crippen molar-refractivity contribution in [3.05, 3.63) is 46.7 Å². The molecule has 0 aliphatic heterocycles. The first-order valence-electron chi connectivity index (χ1n) is 5.89. The molecule has 2 aromatic rings. The fourth-order valence-electron chi connectivity index (χ4n) is 1.65. The van der Waals surface area contributed by atoms with Crippen LogP contribution in [0.4, 0.5) is 14.5 Å². The number of halogens is 3. The zero-order chi connectivity index (χ0) is 14.7. The van der Waals surface area contributed by atoms with Crippen LogP contribution in [0.25, 0.3) is 0 Å². The van der Waals surface area contributed by atoms with E-state index < -0.39 is 23.5 Å². The highest BCUT2D eigenvalue weighted by atomic mass is 79.9. The Morgan fingerprint density at radius 1 is 1.50 bits per heavy atom. The minimum Gasteiger partial charge on any atom is -0.323 e. The van der Waals surface area contributed by atoms with E-state index >= 15 is 0 Å². The normalized spacial score (nSPS) is 12.2. The van der Waals surface area contributed by atoms with Gasteiger partial charge in [0, 0.05) is 12.3 Å². The van der Waals surface area contributed by atoms with Crippen LogP contribution in [-0.4, -0.2) is 15.7 Å². The third kappa shape index (κ3) is 3.63. The molecule has 0 unspecified atom stereocenters. The van der Waals surface area contributed by atoms with Gasteiger partial charge in [0.2, 0.25) is 5.91 Å². The summed E-state index contributed by atoms with van der Waals surface area (Å²) in [6, 6.07) is 2.92. The van der Waals surface area contributed by atoms with Crippen molar-refractivity contribution in [2.45, 2.75) is 13.5 Å². The van der Waals surface area contributed by atoms with E-state index in [1.165, 1.54) is 0 Å². The molecule has 1 aromatic carbocycles. The first-order chi connectivity index (χ1) is 9.45. The number of benzene rings is 1. The van der Waals surface area contributed by atoms with E-state index in [0.29, 0.717) is 6.54 Å². The monoisotopic (exact) mass is 343 g/mol. The molecule has 1 N–H and O–H groups in total. The zero-order valence-electron chi connectivity index (χ0n) is 10.6. The Morgan fingerprint density at radius 3 is 2.90 bits per heavy atom. The van der Waals surface area contributed by atoms with Crippen molar-refractivity contribution in [1.82, 2.24) is 9.78 Å². The molecule has 1 amide bonds. The maximum Gasteiger partial charge on any atom is 0.229 e. The molecule has 106 valence electrons. The van der Waals surface area contributed by atoms with Crippen LogP contribution in [0, 0.1) is 17.6 Å². The van der Waals surface area contributed by atoms with E-state index in [1.807, 2.05) is 0 Å². The van der Waals surface area contributed by atoms with Gasteiger partial charge in [-0.05, 0) is 28.1 Å². The molecule has 0 aliphatic carbocycles. The molecule has 0 aliphatic rings. The minimum atomic E-state index is -0.672. The van der Waals surface area contributed by atoms with E-state index in [9.17, 15) is 13.6 Å².